The van der Waals surface area contributed by atoms with Crippen LogP contribution >= 0.6 is 0 Å². The van der Waals surface area contributed by atoms with Gasteiger partial charge in [-0.3, -0.25) is 4.79 Å². The van der Waals surface area contributed by atoms with Gasteiger partial charge in [-0.05, 0) is 56.7 Å². The first-order valence-electron chi connectivity index (χ1n) is 8.10. The molecule has 1 aliphatic rings. The van der Waals surface area contributed by atoms with Gasteiger partial charge in [-0.2, -0.15) is 0 Å². The molecule has 0 spiro atoms. The van der Waals surface area contributed by atoms with Gasteiger partial charge >= 0.3 is 0 Å². The lowest BCUT2D eigenvalue weighted by molar-refractivity contribution is -0.121. The third-order valence-corrected chi connectivity index (χ3v) is 4.51. The Labute approximate surface area is 128 Å². The van der Waals surface area contributed by atoms with Crippen LogP contribution in [0.5, 0.6) is 0 Å². The number of hydrogen-bond donors (Lipinski definition) is 2. The normalized spacial score (nSPS) is 17.4. The van der Waals surface area contributed by atoms with Crippen LogP contribution in [0, 0.1) is 12.3 Å². The standard InChI is InChI=1S/C18H28N2O/c1-15-6-8-16(9-7-15)4-3-5-17(21)20-14-18(2)10-12-19-13-11-18/h6-9,19H,3-5,10-14H2,1-2H3,(H,20,21). The van der Waals surface area contributed by atoms with Crippen molar-refractivity contribution in [2.75, 3.05) is 19.6 Å². The molecule has 3 nitrogen and oxygen atoms in total. The Bertz CT molecular complexity index is 447. The molecule has 0 unspecified atom stereocenters. The predicted molar refractivity (Wildman–Crippen MR) is 87.3 cm³/mol. The molecule has 1 aromatic carbocycles. The molecular formula is C18H28N2O. The van der Waals surface area contributed by atoms with Gasteiger partial charge in [-0.15, -0.1) is 0 Å². The maximum Gasteiger partial charge on any atom is 0.220 e. The van der Waals surface area contributed by atoms with E-state index in [2.05, 4.69) is 48.7 Å². The van der Waals surface area contributed by atoms with Crippen LogP contribution in [0.4, 0.5) is 0 Å². The van der Waals surface area contributed by atoms with E-state index in [0.29, 0.717) is 6.42 Å². The van der Waals surface area contributed by atoms with Crippen molar-refractivity contribution in [2.24, 2.45) is 5.41 Å². The van der Waals surface area contributed by atoms with Crippen LogP contribution in [0.15, 0.2) is 24.3 Å². The van der Waals surface area contributed by atoms with Crippen LogP contribution < -0.4 is 10.6 Å². The second kappa shape index (κ2) is 7.60. The molecule has 2 N–H and O–H groups in total. The summed E-state index contributed by atoms with van der Waals surface area (Å²) < 4.78 is 0. The summed E-state index contributed by atoms with van der Waals surface area (Å²) in [5.41, 5.74) is 2.88. The van der Waals surface area contributed by atoms with Crippen LogP contribution in [0.2, 0.25) is 0 Å². The number of carbonyl (C=O) groups is 1. The molecule has 0 bridgehead atoms. The average Bonchev–Trinajstić information content (AvgIpc) is 2.48. The highest BCUT2D eigenvalue weighted by atomic mass is 16.1. The summed E-state index contributed by atoms with van der Waals surface area (Å²) in [6.45, 7) is 7.33. The molecule has 1 heterocycles. The van der Waals surface area contributed by atoms with E-state index < -0.39 is 0 Å². The van der Waals surface area contributed by atoms with E-state index in [9.17, 15) is 4.79 Å². The Morgan fingerprint density at radius 3 is 2.57 bits per heavy atom. The SMILES string of the molecule is Cc1ccc(CCCC(=O)NCC2(C)CCNCC2)cc1. The number of aryl methyl sites for hydroxylation is 2. The Balaban J connectivity index is 1.64. The topological polar surface area (TPSA) is 41.1 Å². The monoisotopic (exact) mass is 288 g/mol. The van der Waals surface area contributed by atoms with Crippen molar-refractivity contribution < 1.29 is 4.79 Å². The Morgan fingerprint density at radius 2 is 1.90 bits per heavy atom. The van der Waals surface area contributed by atoms with Gasteiger partial charge in [0.1, 0.15) is 0 Å². The van der Waals surface area contributed by atoms with Crippen molar-refractivity contribution in [2.45, 2.75) is 46.0 Å². The molecule has 2 rings (SSSR count). The first-order chi connectivity index (χ1) is 10.1. The molecule has 3 heteroatoms. The summed E-state index contributed by atoms with van der Waals surface area (Å²) in [7, 11) is 0. The molecule has 1 fully saturated rings. The smallest absolute Gasteiger partial charge is 0.220 e. The number of nitrogens with one attached hydrogen (secondary N) is 2. The van der Waals surface area contributed by atoms with Crippen molar-refractivity contribution in [3.05, 3.63) is 35.4 Å². The zero-order valence-electron chi connectivity index (χ0n) is 13.4. The molecule has 116 valence electrons. The molecule has 0 atom stereocenters. The van der Waals surface area contributed by atoms with Crippen LogP contribution in [0.1, 0.15) is 43.7 Å². The molecule has 1 amide bonds. The van der Waals surface area contributed by atoms with Crippen LogP contribution in [0.3, 0.4) is 0 Å². The minimum Gasteiger partial charge on any atom is -0.356 e. The van der Waals surface area contributed by atoms with E-state index in [1.54, 1.807) is 0 Å². The number of hydrogen-bond acceptors (Lipinski definition) is 2. The molecule has 1 saturated heterocycles. The molecule has 0 saturated carbocycles. The lowest BCUT2D eigenvalue weighted by atomic mass is 9.81. The quantitative estimate of drug-likeness (QED) is 0.845. The molecule has 1 aliphatic heterocycles. The molecule has 1 aromatic rings. The third-order valence-electron chi connectivity index (χ3n) is 4.51. The second-order valence-corrected chi connectivity index (χ2v) is 6.68. The number of rotatable bonds is 6. The second-order valence-electron chi connectivity index (χ2n) is 6.68. The van der Waals surface area contributed by atoms with Crippen LogP contribution in [-0.4, -0.2) is 25.5 Å². The summed E-state index contributed by atoms with van der Waals surface area (Å²) in [5, 5.41) is 6.49. The molecule has 0 radical (unpaired) electrons. The van der Waals surface area contributed by atoms with Crippen molar-refractivity contribution in [1.29, 1.82) is 0 Å². The van der Waals surface area contributed by atoms with E-state index in [1.807, 2.05) is 0 Å². The van der Waals surface area contributed by atoms with E-state index in [4.69, 9.17) is 0 Å². The van der Waals surface area contributed by atoms with Crippen LogP contribution in [0.25, 0.3) is 0 Å². The molecule has 0 aliphatic carbocycles. The fourth-order valence-corrected chi connectivity index (χ4v) is 2.82. The lowest BCUT2D eigenvalue weighted by Crippen LogP contribution is -2.42. The zero-order chi connectivity index (χ0) is 15.1. The minimum atomic E-state index is 0.196. The maximum absolute atomic E-state index is 11.9. The highest BCUT2D eigenvalue weighted by Gasteiger charge is 2.26. The van der Waals surface area contributed by atoms with E-state index >= 15 is 0 Å². The zero-order valence-corrected chi connectivity index (χ0v) is 13.4. The van der Waals surface area contributed by atoms with E-state index in [1.165, 1.54) is 11.1 Å². The van der Waals surface area contributed by atoms with Gasteiger partial charge < -0.3 is 10.6 Å². The van der Waals surface area contributed by atoms with Gasteiger partial charge in [0.15, 0.2) is 0 Å². The van der Waals surface area contributed by atoms with Crippen molar-refractivity contribution in [1.82, 2.24) is 10.6 Å². The molecule has 21 heavy (non-hydrogen) atoms. The maximum atomic E-state index is 11.9. The minimum absolute atomic E-state index is 0.196. The number of benzene rings is 1. The first kappa shape index (κ1) is 16.0. The highest BCUT2D eigenvalue weighted by molar-refractivity contribution is 5.75. The first-order valence-corrected chi connectivity index (χ1v) is 8.10. The summed E-state index contributed by atoms with van der Waals surface area (Å²) in [6, 6.07) is 8.58. The number of amides is 1. The Hall–Kier alpha value is -1.35. The van der Waals surface area contributed by atoms with Gasteiger partial charge in [0.25, 0.3) is 0 Å². The molecule has 0 aromatic heterocycles. The summed E-state index contributed by atoms with van der Waals surface area (Å²) >= 11 is 0. The summed E-state index contributed by atoms with van der Waals surface area (Å²) in [6.07, 6.45) is 4.83. The average molecular weight is 288 g/mol. The van der Waals surface area contributed by atoms with Gasteiger partial charge in [0.05, 0.1) is 0 Å². The fourth-order valence-electron chi connectivity index (χ4n) is 2.82. The van der Waals surface area contributed by atoms with Gasteiger partial charge in [-0.1, -0.05) is 36.8 Å². The molecular weight excluding hydrogens is 260 g/mol. The Kier molecular flexibility index (Phi) is 5.80. The van der Waals surface area contributed by atoms with Gasteiger partial charge in [-0.25, -0.2) is 0 Å². The van der Waals surface area contributed by atoms with E-state index in [-0.39, 0.29) is 11.3 Å². The van der Waals surface area contributed by atoms with Crippen molar-refractivity contribution in [3.8, 4) is 0 Å². The fraction of sp³-hybridized carbons (Fsp3) is 0.611. The highest BCUT2D eigenvalue weighted by Crippen LogP contribution is 2.26. The Morgan fingerprint density at radius 1 is 1.24 bits per heavy atom. The van der Waals surface area contributed by atoms with E-state index in [0.717, 1.165) is 45.3 Å². The lowest BCUT2D eigenvalue weighted by Gasteiger charge is -2.34. The van der Waals surface area contributed by atoms with Gasteiger partial charge in [0.2, 0.25) is 5.91 Å². The number of carbonyl (C=O) groups excluding carboxylic acids is 1. The van der Waals surface area contributed by atoms with Crippen LogP contribution in [-0.2, 0) is 11.2 Å². The van der Waals surface area contributed by atoms with Crippen molar-refractivity contribution >= 4 is 5.91 Å². The predicted octanol–water partition coefficient (Wildman–Crippen LogP) is 2.82. The largest absolute Gasteiger partial charge is 0.356 e. The summed E-state index contributed by atoms with van der Waals surface area (Å²) in [5.74, 6) is 0.196. The third kappa shape index (κ3) is 5.50. The summed E-state index contributed by atoms with van der Waals surface area (Å²) in [4.78, 5) is 11.9. The van der Waals surface area contributed by atoms with Gasteiger partial charge in [0, 0.05) is 13.0 Å². The van der Waals surface area contributed by atoms with Crippen molar-refractivity contribution in [3.63, 3.8) is 0 Å². The number of piperidine rings is 1.